The molecule has 0 saturated carbocycles. The lowest BCUT2D eigenvalue weighted by Crippen LogP contribution is -2.02. The number of hydrogen-bond donors (Lipinski definition) is 0. The van der Waals surface area contributed by atoms with Crippen LogP contribution in [0.3, 0.4) is 0 Å². The highest BCUT2D eigenvalue weighted by atomic mass is 35.5. The van der Waals surface area contributed by atoms with Crippen LogP contribution >= 0.6 is 34.3 Å². The average molecular weight is 1170 g/mol. The first-order chi connectivity index (χ1) is 43.0. The fourth-order valence-corrected chi connectivity index (χ4v) is 15.6. The van der Waals surface area contributed by atoms with E-state index in [0.29, 0.717) is 5.95 Å². The van der Waals surface area contributed by atoms with Crippen molar-refractivity contribution in [2.75, 3.05) is 0 Å². The van der Waals surface area contributed by atoms with E-state index in [1.165, 1.54) is 64.0 Å². The summed E-state index contributed by atoms with van der Waals surface area (Å²) in [6.07, 6.45) is 1.08. The van der Waals surface area contributed by atoms with Gasteiger partial charge in [0.05, 0.1) is 42.9 Å². The second-order valence-electron chi connectivity index (χ2n) is 22.1. The van der Waals surface area contributed by atoms with E-state index in [9.17, 15) is 0 Å². The molecule has 7 aromatic heterocycles. The molecule has 7 heterocycles. The predicted molar refractivity (Wildman–Crippen MR) is 364 cm³/mol. The van der Waals surface area contributed by atoms with E-state index in [-0.39, 0.29) is 5.28 Å². The number of fused-ring (bicyclic) bond motifs is 20. The van der Waals surface area contributed by atoms with Crippen LogP contribution in [-0.2, 0) is 6.42 Å². The maximum atomic E-state index is 6.30. The lowest BCUT2D eigenvalue weighted by molar-refractivity contribution is 0.668. The molecular formula is C77H44ClN5O2S2. The Kier molecular flexibility index (Phi) is 11.3. The molecule has 1 aliphatic carbocycles. The largest absolute Gasteiger partial charge is 0.456 e. The molecule has 12 aromatic carbocycles. The molecule has 1 aliphatic rings. The molecule has 0 fully saturated rings. The van der Waals surface area contributed by atoms with Crippen molar-refractivity contribution in [3.05, 3.63) is 271 Å². The summed E-state index contributed by atoms with van der Waals surface area (Å²) in [5.74, 6) is 0.664. The molecule has 87 heavy (non-hydrogen) atoms. The zero-order valence-corrected chi connectivity index (χ0v) is 48.6. The molecule has 408 valence electrons. The molecule has 0 atom stereocenters. The summed E-state index contributed by atoms with van der Waals surface area (Å²) in [5, 5.41) is 14.4. The van der Waals surface area contributed by atoms with Crippen LogP contribution in [0.2, 0.25) is 5.28 Å². The molecular weight excluding hydrogens is 1130 g/mol. The van der Waals surface area contributed by atoms with Crippen LogP contribution in [0.1, 0.15) is 11.1 Å². The first-order valence-corrected chi connectivity index (χ1v) is 30.9. The molecule has 7 nitrogen and oxygen atoms in total. The van der Waals surface area contributed by atoms with Gasteiger partial charge >= 0.3 is 0 Å². The van der Waals surface area contributed by atoms with E-state index in [2.05, 4.69) is 221 Å². The van der Waals surface area contributed by atoms with Gasteiger partial charge in [-0.1, -0.05) is 182 Å². The van der Waals surface area contributed by atoms with Crippen LogP contribution in [0.15, 0.2) is 264 Å². The first-order valence-electron chi connectivity index (χ1n) is 28.9. The van der Waals surface area contributed by atoms with Gasteiger partial charge in [-0.25, -0.2) is 19.9 Å². The quantitative estimate of drug-likeness (QED) is 0.164. The smallest absolute Gasteiger partial charge is 0.235 e. The number of hydrogen-bond acceptors (Lipinski definition) is 8. The Morgan fingerprint density at radius 3 is 1.49 bits per heavy atom. The maximum Gasteiger partial charge on any atom is 0.235 e. The highest BCUT2D eigenvalue weighted by molar-refractivity contribution is 7.26. The second kappa shape index (κ2) is 19.8. The summed E-state index contributed by atoms with van der Waals surface area (Å²) in [5.41, 5.74) is 17.0. The third kappa shape index (κ3) is 8.15. The minimum atomic E-state index is 0.255. The lowest BCUT2D eigenvalue weighted by Gasteiger charge is -2.10. The molecule has 19 aromatic rings. The van der Waals surface area contributed by atoms with Crippen molar-refractivity contribution in [1.29, 1.82) is 0 Å². The summed E-state index contributed by atoms with van der Waals surface area (Å²) in [6, 6.07) is 89.3. The summed E-state index contributed by atoms with van der Waals surface area (Å²) in [6.45, 7) is 0. The van der Waals surface area contributed by atoms with E-state index in [1.54, 1.807) is 22.7 Å². The van der Waals surface area contributed by atoms with Gasteiger partial charge in [-0.2, -0.15) is 0 Å². The van der Waals surface area contributed by atoms with Crippen molar-refractivity contribution in [3.8, 4) is 39.6 Å². The van der Waals surface area contributed by atoms with Gasteiger partial charge in [-0.3, -0.25) is 4.57 Å². The summed E-state index contributed by atoms with van der Waals surface area (Å²) in [7, 11) is 0. The van der Waals surface area contributed by atoms with Crippen LogP contribution in [-0.4, -0.2) is 24.5 Å². The number of para-hydroxylation sites is 3. The van der Waals surface area contributed by atoms with Crippen LogP contribution in [0.5, 0.6) is 0 Å². The van der Waals surface area contributed by atoms with Crippen molar-refractivity contribution in [1.82, 2.24) is 24.5 Å². The van der Waals surface area contributed by atoms with E-state index < -0.39 is 0 Å². The molecule has 0 amide bonds. The van der Waals surface area contributed by atoms with E-state index in [1.807, 2.05) is 48.5 Å². The fourth-order valence-electron chi connectivity index (χ4n) is 13.1. The predicted octanol–water partition coefficient (Wildman–Crippen LogP) is 22.1. The SMILES string of the molecule is Clc1nc(-c2ccc3c(c2)oc2ccccc23)c2sc3ccccc3c2n1.c1ccc2c(c1)Cc1cc3ccccc3cc1-2.c1ccc2cc3c(cc2c1)c1ccccc1n3-c1nc(-c2ccc3c(c2)oc2ccccc23)c2sc3ccccc3c2n1. The van der Waals surface area contributed by atoms with Crippen LogP contribution in [0.4, 0.5) is 0 Å². The van der Waals surface area contributed by atoms with Gasteiger partial charge in [0.15, 0.2) is 0 Å². The summed E-state index contributed by atoms with van der Waals surface area (Å²) in [4.78, 5) is 19.7. The molecule has 20 rings (SSSR count). The standard InChI is InChI=1S/C38H21N3OS.C22H11ClN2OS.C17H12/c1-2-10-23-20-31-29(19-22(23)9-1)25-11-3-6-14-30(25)41(31)38-39-35(37-36(40-38)28-13-5-8-16-34(28)43-37)24-17-18-27-26-12-4-7-15-32(26)42-33(27)21-24;23-22-24-19(21-20(25-22)15-6-2-4-8-18(15)27-21)12-9-10-14-13-5-1-3-7-16(13)26-17(14)11-12;1-2-6-13-11-17-15(9-12(13)5-1)10-14-7-3-4-8-16(14)17/h1-21H;1-11H;1-9,11H,10H2. The van der Waals surface area contributed by atoms with Gasteiger partial charge in [0, 0.05) is 63.6 Å². The van der Waals surface area contributed by atoms with Crippen LogP contribution < -0.4 is 0 Å². The van der Waals surface area contributed by atoms with Gasteiger partial charge in [-0.05, 0) is 135 Å². The van der Waals surface area contributed by atoms with E-state index in [4.69, 9.17) is 30.4 Å². The molecule has 0 bridgehead atoms. The number of nitrogens with zero attached hydrogens (tertiary/aromatic N) is 5. The molecule has 0 aliphatic heterocycles. The Morgan fingerprint density at radius 1 is 0.345 bits per heavy atom. The Bertz CT molecular complexity index is 6050. The zero-order valence-electron chi connectivity index (χ0n) is 46.2. The van der Waals surface area contributed by atoms with Gasteiger partial charge in [0.1, 0.15) is 22.3 Å². The summed E-state index contributed by atoms with van der Waals surface area (Å²) >= 11 is 9.70. The number of furan rings is 2. The molecule has 0 unspecified atom stereocenters. The number of benzene rings is 12. The first kappa shape index (κ1) is 49.8. The zero-order chi connectivity index (χ0) is 57.3. The van der Waals surface area contributed by atoms with Crippen molar-refractivity contribution in [2.24, 2.45) is 0 Å². The maximum absolute atomic E-state index is 6.30. The van der Waals surface area contributed by atoms with E-state index >= 15 is 0 Å². The minimum absolute atomic E-state index is 0.255. The normalized spacial score (nSPS) is 12.1. The molecule has 0 radical (unpaired) electrons. The van der Waals surface area contributed by atoms with Crippen molar-refractivity contribution >= 4 is 162 Å². The number of halogens is 1. The Balaban J connectivity index is 0.000000110. The highest BCUT2D eigenvalue weighted by Gasteiger charge is 2.23. The Labute approximate surface area is 509 Å². The summed E-state index contributed by atoms with van der Waals surface area (Å²) < 4.78 is 19.1. The molecule has 0 N–H and O–H groups in total. The van der Waals surface area contributed by atoms with Gasteiger partial charge < -0.3 is 8.83 Å². The van der Waals surface area contributed by atoms with Crippen molar-refractivity contribution < 1.29 is 8.83 Å². The Hall–Kier alpha value is -10.6. The number of rotatable bonds is 3. The number of thiophene rings is 2. The molecule has 0 spiro atoms. The third-order valence-corrected chi connectivity index (χ3v) is 19.6. The van der Waals surface area contributed by atoms with Crippen LogP contribution in [0.25, 0.3) is 167 Å². The third-order valence-electron chi connectivity index (χ3n) is 17.1. The highest BCUT2D eigenvalue weighted by Crippen LogP contribution is 2.44. The van der Waals surface area contributed by atoms with Crippen molar-refractivity contribution in [3.63, 3.8) is 0 Å². The van der Waals surface area contributed by atoms with Gasteiger partial charge in [0.25, 0.3) is 0 Å². The van der Waals surface area contributed by atoms with Crippen molar-refractivity contribution in [2.45, 2.75) is 6.42 Å². The van der Waals surface area contributed by atoms with Gasteiger partial charge in [-0.15, -0.1) is 22.7 Å². The molecule has 0 saturated heterocycles. The topological polar surface area (TPSA) is 82.8 Å². The monoisotopic (exact) mass is 1170 g/mol. The lowest BCUT2D eigenvalue weighted by atomic mass is 10.0. The molecule has 10 heteroatoms. The van der Waals surface area contributed by atoms with E-state index in [0.717, 1.165) is 115 Å². The average Bonchev–Trinajstić information content (AvgIpc) is 1.76. The van der Waals surface area contributed by atoms with Crippen LogP contribution in [0, 0.1) is 0 Å². The second-order valence-corrected chi connectivity index (χ2v) is 24.6. The van der Waals surface area contributed by atoms with Gasteiger partial charge in [0.2, 0.25) is 11.2 Å². The minimum Gasteiger partial charge on any atom is -0.456 e. The fraction of sp³-hybridized carbons (Fsp3) is 0.0130. The Morgan fingerprint density at radius 2 is 0.839 bits per heavy atom. The number of aromatic nitrogens is 5.